The van der Waals surface area contributed by atoms with Gasteiger partial charge in [-0.15, -0.1) is 0 Å². The fourth-order valence-corrected chi connectivity index (χ4v) is 4.21. The van der Waals surface area contributed by atoms with Gasteiger partial charge in [-0.3, -0.25) is 22.9 Å². The van der Waals surface area contributed by atoms with Crippen molar-refractivity contribution in [2.45, 2.75) is 19.9 Å². The number of imidazole rings is 2. The summed E-state index contributed by atoms with van der Waals surface area (Å²) in [5.41, 5.74) is 2.79. The van der Waals surface area contributed by atoms with Crippen molar-refractivity contribution < 1.29 is 4.74 Å². The van der Waals surface area contributed by atoms with Gasteiger partial charge < -0.3 is 4.74 Å². The van der Waals surface area contributed by atoms with Crippen LogP contribution in [0.25, 0.3) is 22.6 Å². The number of nitrogens with zero attached hydrogens (tertiary/aromatic N) is 5. The second-order valence-corrected chi connectivity index (χ2v) is 7.77. The Labute approximate surface area is 183 Å². The topological polar surface area (TPSA) is 75.5 Å². The van der Waals surface area contributed by atoms with E-state index in [1.54, 1.807) is 18.6 Å². The minimum Gasteiger partial charge on any atom is -0.495 e. The van der Waals surface area contributed by atoms with E-state index in [1.165, 1.54) is 9.13 Å². The zero-order valence-electron chi connectivity index (χ0n) is 18.1. The molecule has 0 aliphatic rings. The van der Waals surface area contributed by atoms with Crippen LogP contribution < -0.4 is 16.0 Å². The third-order valence-electron chi connectivity index (χ3n) is 5.82. The van der Waals surface area contributed by atoms with Gasteiger partial charge in [0, 0.05) is 25.5 Å². The molecule has 0 amide bonds. The minimum atomic E-state index is -0.375. The van der Waals surface area contributed by atoms with Gasteiger partial charge in [0.2, 0.25) is 5.78 Å². The fraction of sp³-hybridized carbons (Fsp3) is 0.208. The van der Waals surface area contributed by atoms with Crippen LogP contribution in [0.15, 0.2) is 70.4 Å². The Morgan fingerprint density at radius 2 is 1.72 bits per heavy atom. The van der Waals surface area contributed by atoms with Crippen molar-refractivity contribution in [1.29, 1.82) is 0 Å². The third kappa shape index (κ3) is 2.95. The predicted octanol–water partition coefficient (Wildman–Crippen LogP) is 2.70. The van der Waals surface area contributed by atoms with Crippen LogP contribution in [0.2, 0.25) is 0 Å². The maximum Gasteiger partial charge on any atom is 0.332 e. The number of benzene rings is 2. The Hall–Kier alpha value is -4.07. The maximum absolute atomic E-state index is 13.4. The van der Waals surface area contributed by atoms with E-state index in [0.717, 1.165) is 16.9 Å². The van der Waals surface area contributed by atoms with Crippen LogP contribution in [0.3, 0.4) is 0 Å². The number of fused-ring (bicyclic) bond motifs is 3. The van der Waals surface area contributed by atoms with Gasteiger partial charge in [-0.2, -0.15) is 4.98 Å². The third-order valence-corrected chi connectivity index (χ3v) is 5.82. The summed E-state index contributed by atoms with van der Waals surface area (Å²) in [5.74, 6) is 1.24. The first-order chi connectivity index (χ1) is 15.5. The molecule has 0 fully saturated rings. The summed E-state index contributed by atoms with van der Waals surface area (Å²) < 4.78 is 11.9. The molecule has 0 aliphatic heterocycles. The number of hydrogen-bond acceptors (Lipinski definition) is 4. The monoisotopic (exact) mass is 429 g/mol. The number of aromatic nitrogens is 5. The largest absolute Gasteiger partial charge is 0.495 e. The van der Waals surface area contributed by atoms with Crippen molar-refractivity contribution in [3.8, 4) is 11.4 Å². The molecule has 0 atom stereocenters. The Kier molecular flexibility index (Phi) is 4.70. The average Bonchev–Trinajstić information content (AvgIpc) is 3.32. The van der Waals surface area contributed by atoms with Crippen molar-refractivity contribution in [2.75, 3.05) is 7.11 Å². The van der Waals surface area contributed by atoms with Crippen LogP contribution in [0.4, 0.5) is 0 Å². The summed E-state index contributed by atoms with van der Waals surface area (Å²) in [4.78, 5) is 31.1. The van der Waals surface area contributed by atoms with Crippen molar-refractivity contribution in [3.63, 3.8) is 0 Å². The summed E-state index contributed by atoms with van der Waals surface area (Å²) in [6.07, 6.45) is 2.45. The molecule has 0 saturated heterocycles. The Morgan fingerprint density at radius 3 is 2.47 bits per heavy atom. The van der Waals surface area contributed by atoms with Gasteiger partial charge in [-0.25, -0.2) is 4.79 Å². The van der Waals surface area contributed by atoms with Crippen LogP contribution in [-0.4, -0.2) is 30.2 Å². The summed E-state index contributed by atoms with van der Waals surface area (Å²) >= 11 is 0. The van der Waals surface area contributed by atoms with E-state index in [-0.39, 0.29) is 11.2 Å². The van der Waals surface area contributed by atoms with E-state index in [9.17, 15) is 9.59 Å². The van der Waals surface area contributed by atoms with Crippen molar-refractivity contribution in [1.82, 2.24) is 23.1 Å². The second-order valence-electron chi connectivity index (χ2n) is 7.77. The molecule has 0 aliphatic carbocycles. The van der Waals surface area contributed by atoms with Crippen molar-refractivity contribution >= 4 is 16.9 Å². The minimum absolute atomic E-state index is 0.297. The lowest BCUT2D eigenvalue weighted by molar-refractivity contribution is 0.413. The summed E-state index contributed by atoms with van der Waals surface area (Å²) in [6, 6.07) is 17.4. The second kappa shape index (κ2) is 7.56. The zero-order chi connectivity index (χ0) is 22.4. The summed E-state index contributed by atoms with van der Waals surface area (Å²) in [7, 11) is 3.27. The number of para-hydroxylation sites is 2. The lowest BCUT2D eigenvalue weighted by Gasteiger charge is -2.10. The highest BCUT2D eigenvalue weighted by atomic mass is 16.5. The van der Waals surface area contributed by atoms with E-state index in [2.05, 4.69) is 4.98 Å². The van der Waals surface area contributed by atoms with Gasteiger partial charge in [0.1, 0.15) is 5.75 Å². The van der Waals surface area contributed by atoms with Gasteiger partial charge in [0.15, 0.2) is 11.2 Å². The van der Waals surface area contributed by atoms with Crippen LogP contribution in [0, 0.1) is 6.92 Å². The predicted molar refractivity (Wildman–Crippen MR) is 123 cm³/mol. The highest BCUT2D eigenvalue weighted by Crippen LogP contribution is 2.27. The van der Waals surface area contributed by atoms with E-state index in [0.29, 0.717) is 35.7 Å². The molecule has 32 heavy (non-hydrogen) atoms. The van der Waals surface area contributed by atoms with Crippen LogP contribution in [0.1, 0.15) is 11.3 Å². The highest BCUT2D eigenvalue weighted by Gasteiger charge is 2.21. The average molecular weight is 429 g/mol. The normalized spacial score (nSPS) is 11.5. The molecule has 5 aromatic rings. The zero-order valence-corrected chi connectivity index (χ0v) is 18.1. The first-order valence-electron chi connectivity index (χ1n) is 10.4. The summed E-state index contributed by atoms with van der Waals surface area (Å²) in [6.45, 7) is 2.24. The number of aryl methyl sites for hydroxylation is 3. The van der Waals surface area contributed by atoms with E-state index >= 15 is 0 Å². The SMILES string of the molecule is COc1ccccc1-n1c(C)cn2c3c(=O)n(CCc4ccccc4)c(=O)n(C)c3nc12. The molecule has 3 aromatic heterocycles. The van der Waals surface area contributed by atoms with Crippen LogP contribution in [0.5, 0.6) is 5.75 Å². The molecule has 8 nitrogen and oxygen atoms in total. The molecule has 2 aromatic carbocycles. The molecule has 0 spiro atoms. The van der Waals surface area contributed by atoms with Gasteiger partial charge in [0.25, 0.3) is 5.56 Å². The molecule has 0 saturated carbocycles. The van der Waals surface area contributed by atoms with Crippen LogP contribution >= 0.6 is 0 Å². The molecule has 0 bridgehead atoms. The van der Waals surface area contributed by atoms with E-state index in [1.807, 2.05) is 72.3 Å². The lowest BCUT2D eigenvalue weighted by Crippen LogP contribution is -2.39. The lowest BCUT2D eigenvalue weighted by atomic mass is 10.1. The van der Waals surface area contributed by atoms with Gasteiger partial charge in [0.05, 0.1) is 12.8 Å². The first-order valence-corrected chi connectivity index (χ1v) is 10.4. The molecular formula is C24H23N5O3. The van der Waals surface area contributed by atoms with Gasteiger partial charge in [-0.05, 0) is 31.0 Å². The fourth-order valence-electron chi connectivity index (χ4n) is 4.21. The van der Waals surface area contributed by atoms with E-state index < -0.39 is 0 Å². The van der Waals surface area contributed by atoms with Crippen LogP contribution in [-0.2, 0) is 20.0 Å². The summed E-state index contributed by atoms with van der Waals surface area (Å²) in [5, 5.41) is 0. The molecule has 3 heterocycles. The smallest absolute Gasteiger partial charge is 0.332 e. The molecule has 8 heteroatoms. The number of ether oxygens (including phenoxy) is 1. The Morgan fingerprint density at radius 1 is 1.00 bits per heavy atom. The number of rotatable bonds is 5. The standard InChI is InChI=1S/C24H23N5O3/c1-16-15-28-20-21(25-23(28)29(16)18-11-7-8-12-19(18)32-3)26(2)24(31)27(22(20)30)14-13-17-9-5-4-6-10-17/h4-12,15H,13-14H2,1-3H3. The molecule has 0 unspecified atom stereocenters. The Bertz CT molecular complexity index is 1570. The van der Waals surface area contributed by atoms with Crippen molar-refractivity contribution in [3.05, 3.63) is 92.9 Å². The molecular weight excluding hydrogens is 406 g/mol. The maximum atomic E-state index is 13.4. The van der Waals surface area contributed by atoms with Gasteiger partial charge >= 0.3 is 5.69 Å². The van der Waals surface area contributed by atoms with Crippen molar-refractivity contribution in [2.24, 2.45) is 7.05 Å². The molecule has 5 rings (SSSR count). The van der Waals surface area contributed by atoms with Gasteiger partial charge in [-0.1, -0.05) is 42.5 Å². The number of methoxy groups -OCH3 is 1. The highest BCUT2D eigenvalue weighted by molar-refractivity contribution is 5.76. The quantitative estimate of drug-likeness (QED) is 0.431. The molecule has 0 N–H and O–H groups in total. The molecule has 162 valence electrons. The first kappa shape index (κ1) is 19.9. The Balaban J connectivity index is 1.73. The molecule has 0 radical (unpaired) electrons. The number of hydrogen-bond donors (Lipinski definition) is 0. The van der Waals surface area contributed by atoms with E-state index in [4.69, 9.17) is 4.74 Å².